The van der Waals surface area contributed by atoms with E-state index in [1.807, 2.05) is 12.3 Å². The maximum absolute atomic E-state index is 5.92. The van der Waals surface area contributed by atoms with Crippen molar-refractivity contribution in [2.45, 2.75) is 30.6 Å². The minimum absolute atomic E-state index is 0.544. The first-order valence-electron chi connectivity index (χ1n) is 5.43. The van der Waals surface area contributed by atoms with E-state index in [4.69, 9.17) is 11.6 Å². The highest BCUT2D eigenvalue weighted by atomic mass is 35.5. The number of hydrogen-bond acceptors (Lipinski definition) is 2. The Hall–Kier alpha value is -0.990. The summed E-state index contributed by atoms with van der Waals surface area (Å²) in [5.74, 6) is 0. The van der Waals surface area contributed by atoms with Crippen LogP contribution in [0.2, 0.25) is 5.15 Å². The van der Waals surface area contributed by atoms with Crippen LogP contribution in [0.25, 0.3) is 0 Å². The molecule has 0 radical (unpaired) electrons. The number of aryl methyl sites for hydroxylation is 3. The largest absolute Gasteiger partial charge is 0.244 e. The molecule has 2 aromatic rings. The molecule has 2 rings (SSSR count). The Kier molecular flexibility index (Phi) is 3.75. The van der Waals surface area contributed by atoms with Gasteiger partial charge in [0.2, 0.25) is 0 Å². The average molecular weight is 264 g/mol. The Morgan fingerprint density at radius 3 is 2.47 bits per heavy atom. The van der Waals surface area contributed by atoms with Gasteiger partial charge >= 0.3 is 0 Å². The van der Waals surface area contributed by atoms with E-state index in [0.717, 1.165) is 10.5 Å². The summed E-state index contributed by atoms with van der Waals surface area (Å²) in [6.07, 6.45) is 1.81. The summed E-state index contributed by atoms with van der Waals surface area (Å²) in [7, 11) is 0. The molecule has 0 atom stereocenters. The average Bonchev–Trinajstić information content (AvgIpc) is 2.27. The molecule has 0 aliphatic carbocycles. The van der Waals surface area contributed by atoms with Gasteiger partial charge in [-0.2, -0.15) is 0 Å². The van der Waals surface area contributed by atoms with Crippen molar-refractivity contribution >= 4 is 23.4 Å². The highest BCUT2D eigenvalue weighted by Gasteiger charge is 2.05. The number of aromatic nitrogens is 1. The van der Waals surface area contributed by atoms with Crippen LogP contribution in [0.3, 0.4) is 0 Å². The molecule has 0 saturated heterocycles. The van der Waals surface area contributed by atoms with Crippen molar-refractivity contribution in [1.29, 1.82) is 0 Å². The van der Waals surface area contributed by atoms with Gasteiger partial charge in [-0.15, -0.1) is 0 Å². The molecule has 3 heteroatoms. The van der Waals surface area contributed by atoms with Crippen molar-refractivity contribution in [3.05, 3.63) is 52.3 Å². The lowest BCUT2D eigenvalue weighted by Crippen LogP contribution is -1.86. The van der Waals surface area contributed by atoms with E-state index < -0.39 is 0 Å². The molecule has 0 saturated carbocycles. The van der Waals surface area contributed by atoms with E-state index >= 15 is 0 Å². The topological polar surface area (TPSA) is 12.9 Å². The molecule has 1 nitrogen and oxygen atoms in total. The standard InChI is InChI=1S/C14H14ClNS/c1-9-4-5-12(10(2)6-9)17-13-7-14(15)16-8-11(13)3/h4-8H,1-3H3. The van der Waals surface area contributed by atoms with Crippen LogP contribution in [0.4, 0.5) is 0 Å². The number of rotatable bonds is 2. The first-order chi connectivity index (χ1) is 8.06. The van der Waals surface area contributed by atoms with Crippen LogP contribution < -0.4 is 0 Å². The predicted molar refractivity (Wildman–Crippen MR) is 74.0 cm³/mol. The van der Waals surface area contributed by atoms with Gasteiger partial charge in [-0.25, -0.2) is 4.98 Å². The van der Waals surface area contributed by atoms with E-state index in [-0.39, 0.29) is 0 Å². The van der Waals surface area contributed by atoms with Crippen molar-refractivity contribution in [3.63, 3.8) is 0 Å². The van der Waals surface area contributed by atoms with E-state index in [1.165, 1.54) is 16.0 Å². The Morgan fingerprint density at radius 2 is 1.76 bits per heavy atom. The lowest BCUT2D eigenvalue weighted by molar-refractivity contribution is 1.17. The lowest BCUT2D eigenvalue weighted by Gasteiger charge is -2.08. The number of hydrogen-bond donors (Lipinski definition) is 0. The van der Waals surface area contributed by atoms with Crippen molar-refractivity contribution in [2.75, 3.05) is 0 Å². The third-order valence-electron chi connectivity index (χ3n) is 2.57. The SMILES string of the molecule is Cc1ccc(Sc2cc(Cl)ncc2C)c(C)c1. The molecule has 1 heterocycles. The molecular formula is C14H14ClNS. The normalized spacial score (nSPS) is 10.6. The summed E-state index contributed by atoms with van der Waals surface area (Å²) >= 11 is 7.66. The van der Waals surface area contributed by atoms with Gasteiger partial charge in [-0.3, -0.25) is 0 Å². The molecule has 1 aromatic carbocycles. The van der Waals surface area contributed by atoms with Gasteiger partial charge in [0.15, 0.2) is 0 Å². The van der Waals surface area contributed by atoms with Crippen molar-refractivity contribution in [1.82, 2.24) is 4.98 Å². The summed E-state index contributed by atoms with van der Waals surface area (Å²) in [5.41, 5.74) is 3.73. The maximum Gasteiger partial charge on any atom is 0.130 e. The van der Waals surface area contributed by atoms with Gasteiger partial charge < -0.3 is 0 Å². The molecule has 17 heavy (non-hydrogen) atoms. The predicted octanol–water partition coefficient (Wildman–Crippen LogP) is 4.81. The van der Waals surface area contributed by atoms with Crippen LogP contribution in [0, 0.1) is 20.8 Å². The van der Waals surface area contributed by atoms with Gasteiger partial charge in [-0.1, -0.05) is 41.1 Å². The van der Waals surface area contributed by atoms with Crippen molar-refractivity contribution in [2.24, 2.45) is 0 Å². The van der Waals surface area contributed by atoms with E-state index in [9.17, 15) is 0 Å². The molecule has 0 spiro atoms. The van der Waals surface area contributed by atoms with E-state index in [2.05, 4.69) is 44.0 Å². The Morgan fingerprint density at radius 1 is 1.00 bits per heavy atom. The minimum Gasteiger partial charge on any atom is -0.244 e. The van der Waals surface area contributed by atoms with Crippen LogP contribution in [0.15, 0.2) is 40.3 Å². The first-order valence-corrected chi connectivity index (χ1v) is 6.63. The zero-order chi connectivity index (χ0) is 12.4. The van der Waals surface area contributed by atoms with E-state index in [1.54, 1.807) is 11.8 Å². The monoisotopic (exact) mass is 263 g/mol. The molecule has 0 aliphatic rings. The van der Waals surface area contributed by atoms with Crippen LogP contribution in [-0.2, 0) is 0 Å². The highest BCUT2D eigenvalue weighted by Crippen LogP contribution is 2.33. The van der Waals surface area contributed by atoms with Crippen LogP contribution in [-0.4, -0.2) is 4.98 Å². The second kappa shape index (κ2) is 5.11. The third-order valence-corrected chi connectivity index (χ3v) is 4.12. The fourth-order valence-corrected chi connectivity index (χ4v) is 2.82. The van der Waals surface area contributed by atoms with Crippen molar-refractivity contribution in [3.8, 4) is 0 Å². The smallest absolute Gasteiger partial charge is 0.130 e. The Balaban J connectivity index is 2.34. The van der Waals surface area contributed by atoms with Gasteiger partial charge in [0.25, 0.3) is 0 Å². The number of halogens is 1. The van der Waals surface area contributed by atoms with Gasteiger partial charge in [-0.05, 0) is 44.0 Å². The fourth-order valence-electron chi connectivity index (χ4n) is 1.62. The summed E-state index contributed by atoms with van der Waals surface area (Å²) in [5, 5.41) is 0.544. The molecule has 0 aliphatic heterocycles. The second-order valence-corrected chi connectivity index (χ2v) is 5.61. The summed E-state index contributed by atoms with van der Waals surface area (Å²) in [4.78, 5) is 6.50. The zero-order valence-corrected chi connectivity index (χ0v) is 11.7. The summed E-state index contributed by atoms with van der Waals surface area (Å²) in [6.45, 7) is 6.29. The second-order valence-electron chi connectivity index (χ2n) is 4.14. The Bertz CT molecular complexity index is 552. The minimum atomic E-state index is 0.544. The summed E-state index contributed by atoms with van der Waals surface area (Å²) < 4.78 is 0. The van der Waals surface area contributed by atoms with Crippen LogP contribution in [0.5, 0.6) is 0 Å². The lowest BCUT2D eigenvalue weighted by atomic mass is 10.2. The quantitative estimate of drug-likeness (QED) is 0.721. The molecule has 0 bridgehead atoms. The molecule has 0 N–H and O–H groups in total. The highest BCUT2D eigenvalue weighted by molar-refractivity contribution is 7.99. The van der Waals surface area contributed by atoms with E-state index in [0.29, 0.717) is 5.15 Å². The molecule has 0 unspecified atom stereocenters. The van der Waals surface area contributed by atoms with Gasteiger partial charge in [0.1, 0.15) is 5.15 Å². The third kappa shape index (κ3) is 3.02. The molecular weight excluding hydrogens is 250 g/mol. The zero-order valence-electron chi connectivity index (χ0n) is 10.1. The van der Waals surface area contributed by atoms with Crippen molar-refractivity contribution < 1.29 is 0 Å². The molecule has 0 fully saturated rings. The summed E-state index contributed by atoms with van der Waals surface area (Å²) in [6, 6.07) is 8.40. The van der Waals surface area contributed by atoms with Gasteiger partial charge in [0, 0.05) is 16.0 Å². The molecule has 1 aromatic heterocycles. The molecule has 0 amide bonds. The number of nitrogens with zero attached hydrogens (tertiary/aromatic N) is 1. The fraction of sp³-hybridized carbons (Fsp3) is 0.214. The number of benzene rings is 1. The first kappa shape index (κ1) is 12.5. The number of pyridine rings is 1. The maximum atomic E-state index is 5.92. The van der Waals surface area contributed by atoms with Crippen LogP contribution in [0.1, 0.15) is 16.7 Å². The van der Waals surface area contributed by atoms with Crippen LogP contribution >= 0.6 is 23.4 Å². The molecule has 88 valence electrons. The Labute approximate surface area is 111 Å². The van der Waals surface area contributed by atoms with Gasteiger partial charge in [0.05, 0.1) is 0 Å².